The number of rotatable bonds is 13. The van der Waals surface area contributed by atoms with Crippen LogP contribution in [0.5, 0.6) is 0 Å². The molecule has 0 radical (unpaired) electrons. The molecule has 1 aliphatic rings. The first-order valence-electron chi connectivity index (χ1n) is 13.0. The lowest BCUT2D eigenvalue weighted by atomic mass is 9.97. The normalized spacial score (nSPS) is 16.1. The third-order valence-electron chi connectivity index (χ3n) is 6.31. The fraction of sp³-hybridized carbons (Fsp3) is 0.500. The lowest BCUT2D eigenvalue weighted by Gasteiger charge is -2.26. The van der Waals surface area contributed by atoms with Gasteiger partial charge in [-0.15, -0.1) is 0 Å². The van der Waals surface area contributed by atoms with Gasteiger partial charge in [-0.2, -0.15) is 0 Å². The van der Waals surface area contributed by atoms with Crippen molar-refractivity contribution in [1.29, 1.82) is 0 Å². The zero-order chi connectivity index (χ0) is 27.3. The molecule has 0 spiro atoms. The Bertz CT molecular complexity index is 1030. The van der Waals surface area contributed by atoms with Gasteiger partial charge in [0.2, 0.25) is 0 Å². The number of amides is 2. The van der Waals surface area contributed by atoms with Crippen LogP contribution in [0.2, 0.25) is 5.02 Å². The molecule has 0 aliphatic carbocycles. The van der Waals surface area contributed by atoms with Crippen LogP contribution in [0.3, 0.4) is 0 Å². The highest BCUT2D eigenvalue weighted by Gasteiger charge is 2.21. The number of hydrogen-bond donors (Lipinski definition) is 2. The third-order valence-corrected chi connectivity index (χ3v) is 6.53. The van der Waals surface area contributed by atoms with Gasteiger partial charge >= 0.3 is 6.09 Å². The first-order chi connectivity index (χ1) is 18.4. The average molecular weight is 550 g/mol. The van der Waals surface area contributed by atoms with Gasteiger partial charge in [0.25, 0.3) is 5.91 Å². The van der Waals surface area contributed by atoms with E-state index in [0.717, 1.165) is 38.9 Å². The molecular weight excluding hydrogens is 513 g/mol. The van der Waals surface area contributed by atoms with Crippen LogP contribution in [-0.2, 0) is 14.2 Å². The Balaban J connectivity index is 1.75. The fourth-order valence-corrected chi connectivity index (χ4v) is 4.75. The highest BCUT2D eigenvalue weighted by atomic mass is 35.5. The molecule has 1 saturated heterocycles. The van der Waals surface area contributed by atoms with E-state index in [2.05, 4.69) is 15.5 Å². The van der Waals surface area contributed by atoms with Gasteiger partial charge in [-0.25, -0.2) is 14.6 Å². The standard InChI is InChI=1S/C28H37ClFN3O5/c1-3-32-33(12-5-7-20-8-6-13-37-19-20)27(34)22-10-4-9-21(15-22)26(38-14-11-31-28(35)36-2)23-16-24(29)18-25(30)17-23/h4,9-10,15-18,20,26,32H,3,5-8,11-14,19H2,1-2H3,(H,31,35)/t20?,26-/m0/s1. The summed E-state index contributed by atoms with van der Waals surface area (Å²) in [5.74, 6) is -0.116. The van der Waals surface area contributed by atoms with E-state index >= 15 is 0 Å². The number of nitrogens with one attached hydrogen (secondary N) is 2. The molecule has 8 nitrogen and oxygen atoms in total. The predicted octanol–water partition coefficient (Wildman–Crippen LogP) is 5.11. The van der Waals surface area contributed by atoms with Crippen molar-refractivity contribution in [1.82, 2.24) is 15.8 Å². The topological polar surface area (TPSA) is 89.1 Å². The number of hydrogen-bond acceptors (Lipinski definition) is 6. The number of hydrazine groups is 1. The molecule has 2 amide bonds. The van der Waals surface area contributed by atoms with Crippen molar-refractivity contribution >= 4 is 23.6 Å². The fourth-order valence-electron chi connectivity index (χ4n) is 4.52. The van der Waals surface area contributed by atoms with Crippen molar-refractivity contribution < 1.29 is 28.2 Å². The number of carbonyl (C=O) groups is 2. The summed E-state index contributed by atoms with van der Waals surface area (Å²) in [6.45, 7) is 5.07. The van der Waals surface area contributed by atoms with Crippen molar-refractivity contribution in [2.45, 2.75) is 38.7 Å². The second kappa shape index (κ2) is 15.6. The molecule has 2 atom stereocenters. The molecule has 2 aromatic carbocycles. The SMILES string of the molecule is CCNN(CCCC1CCCOC1)C(=O)c1cccc([C@H](OCCNC(=O)OC)c2cc(F)cc(Cl)c2)c1. The van der Waals surface area contributed by atoms with E-state index in [0.29, 0.717) is 35.7 Å². The van der Waals surface area contributed by atoms with E-state index in [4.69, 9.17) is 21.1 Å². The number of methoxy groups -OCH3 is 1. The summed E-state index contributed by atoms with van der Waals surface area (Å²) in [4.78, 5) is 24.8. The molecule has 1 unspecified atom stereocenters. The molecular formula is C28H37ClFN3O5. The summed E-state index contributed by atoms with van der Waals surface area (Å²) in [6, 6.07) is 11.3. The van der Waals surface area contributed by atoms with E-state index in [1.54, 1.807) is 29.3 Å². The van der Waals surface area contributed by atoms with Crippen LogP contribution in [0.15, 0.2) is 42.5 Å². The number of carbonyl (C=O) groups excluding carboxylic acids is 2. The summed E-state index contributed by atoms with van der Waals surface area (Å²) in [5, 5.41) is 4.43. The highest BCUT2D eigenvalue weighted by Crippen LogP contribution is 2.30. The lowest BCUT2D eigenvalue weighted by Crippen LogP contribution is -2.43. The predicted molar refractivity (Wildman–Crippen MR) is 144 cm³/mol. The Kier molecular flexibility index (Phi) is 12.3. The quantitative estimate of drug-likeness (QED) is 0.266. The van der Waals surface area contributed by atoms with Crippen LogP contribution in [0.4, 0.5) is 9.18 Å². The van der Waals surface area contributed by atoms with Crippen molar-refractivity contribution in [2.75, 3.05) is 46.6 Å². The average Bonchev–Trinajstić information content (AvgIpc) is 2.92. The van der Waals surface area contributed by atoms with Gasteiger partial charge in [0.05, 0.1) is 13.7 Å². The van der Waals surface area contributed by atoms with E-state index in [9.17, 15) is 14.0 Å². The molecule has 208 valence electrons. The minimum absolute atomic E-state index is 0.125. The first-order valence-corrected chi connectivity index (χ1v) is 13.4. The van der Waals surface area contributed by atoms with Gasteiger partial charge in [-0.05, 0) is 73.1 Å². The van der Waals surface area contributed by atoms with Gasteiger partial charge in [0, 0.05) is 43.4 Å². The number of halogens is 2. The molecule has 2 N–H and O–H groups in total. The zero-order valence-electron chi connectivity index (χ0n) is 22.0. The molecule has 1 fully saturated rings. The number of ether oxygens (including phenoxy) is 3. The van der Waals surface area contributed by atoms with Crippen LogP contribution >= 0.6 is 11.6 Å². The van der Waals surface area contributed by atoms with Crippen LogP contribution in [0.1, 0.15) is 60.2 Å². The smallest absolute Gasteiger partial charge is 0.406 e. The minimum atomic E-state index is -0.714. The van der Waals surface area contributed by atoms with Gasteiger partial charge in [-0.1, -0.05) is 30.7 Å². The maximum atomic E-state index is 14.2. The summed E-state index contributed by atoms with van der Waals surface area (Å²) in [6.07, 6.45) is 2.84. The van der Waals surface area contributed by atoms with Crippen molar-refractivity contribution in [3.05, 3.63) is 70.0 Å². The van der Waals surface area contributed by atoms with E-state index in [1.165, 1.54) is 19.2 Å². The van der Waals surface area contributed by atoms with Gasteiger partial charge in [0.1, 0.15) is 11.9 Å². The first kappa shape index (κ1) is 29.8. The molecule has 38 heavy (non-hydrogen) atoms. The molecule has 0 saturated carbocycles. The highest BCUT2D eigenvalue weighted by molar-refractivity contribution is 6.30. The van der Waals surface area contributed by atoms with Gasteiger partial charge in [-0.3, -0.25) is 9.80 Å². The minimum Gasteiger partial charge on any atom is -0.453 e. The zero-order valence-corrected chi connectivity index (χ0v) is 22.8. The number of nitrogens with zero attached hydrogens (tertiary/aromatic N) is 1. The monoisotopic (exact) mass is 549 g/mol. The Labute approximate surface area is 228 Å². The molecule has 2 aromatic rings. The Morgan fingerprint density at radius 3 is 2.79 bits per heavy atom. The molecule has 0 bridgehead atoms. The second-order valence-electron chi connectivity index (χ2n) is 9.19. The Morgan fingerprint density at radius 1 is 1.24 bits per heavy atom. The molecule has 1 heterocycles. The molecule has 10 heteroatoms. The van der Waals surface area contributed by atoms with Crippen molar-refractivity contribution in [3.63, 3.8) is 0 Å². The summed E-state index contributed by atoms with van der Waals surface area (Å²) in [7, 11) is 1.28. The number of benzene rings is 2. The van der Waals surface area contributed by atoms with E-state index in [-0.39, 0.29) is 24.1 Å². The second-order valence-corrected chi connectivity index (χ2v) is 9.63. The van der Waals surface area contributed by atoms with Crippen LogP contribution in [0, 0.1) is 11.7 Å². The van der Waals surface area contributed by atoms with Crippen molar-refractivity contribution in [2.24, 2.45) is 5.92 Å². The van der Waals surface area contributed by atoms with Crippen LogP contribution < -0.4 is 10.7 Å². The van der Waals surface area contributed by atoms with E-state index in [1.807, 2.05) is 13.0 Å². The van der Waals surface area contributed by atoms with E-state index < -0.39 is 18.0 Å². The Morgan fingerprint density at radius 2 is 2.08 bits per heavy atom. The summed E-state index contributed by atoms with van der Waals surface area (Å²) < 4.78 is 30.4. The summed E-state index contributed by atoms with van der Waals surface area (Å²) >= 11 is 6.12. The molecule has 3 rings (SSSR count). The molecule has 0 aromatic heterocycles. The number of alkyl carbamates (subject to hydrolysis) is 1. The van der Waals surface area contributed by atoms with Gasteiger partial charge in [0.15, 0.2) is 0 Å². The maximum absolute atomic E-state index is 14.2. The maximum Gasteiger partial charge on any atom is 0.406 e. The van der Waals surface area contributed by atoms with Crippen LogP contribution in [-0.4, -0.2) is 63.6 Å². The molecule has 1 aliphatic heterocycles. The van der Waals surface area contributed by atoms with Crippen molar-refractivity contribution in [3.8, 4) is 0 Å². The van der Waals surface area contributed by atoms with Gasteiger partial charge < -0.3 is 19.5 Å². The third kappa shape index (κ3) is 9.23. The lowest BCUT2D eigenvalue weighted by molar-refractivity contribution is 0.0472. The Hall–Kier alpha value is -2.72. The van der Waals surface area contributed by atoms with Crippen LogP contribution in [0.25, 0.3) is 0 Å². The summed E-state index contributed by atoms with van der Waals surface area (Å²) in [5.41, 5.74) is 4.81. The largest absolute Gasteiger partial charge is 0.453 e.